The lowest BCUT2D eigenvalue weighted by Crippen LogP contribution is -2.41. The molecule has 1 aliphatic carbocycles. The van der Waals surface area contributed by atoms with Crippen molar-refractivity contribution in [2.75, 3.05) is 13.1 Å². The zero-order chi connectivity index (χ0) is 15.8. The van der Waals surface area contributed by atoms with E-state index in [1.54, 1.807) is 0 Å². The first-order chi connectivity index (χ1) is 11.2. The molecule has 1 saturated heterocycles. The predicted molar refractivity (Wildman–Crippen MR) is 86.0 cm³/mol. The van der Waals surface area contributed by atoms with Gasteiger partial charge >= 0.3 is 0 Å². The van der Waals surface area contributed by atoms with Crippen molar-refractivity contribution in [1.29, 1.82) is 0 Å². The molecule has 1 aliphatic heterocycles. The van der Waals surface area contributed by atoms with Crippen molar-refractivity contribution in [2.24, 2.45) is 5.92 Å². The van der Waals surface area contributed by atoms with Crippen LogP contribution >= 0.6 is 0 Å². The molecule has 1 amide bonds. The number of amides is 1. The first kappa shape index (κ1) is 14.6. The number of aryl methyl sites for hydroxylation is 1. The van der Waals surface area contributed by atoms with Gasteiger partial charge in [-0.1, -0.05) is 12.8 Å². The van der Waals surface area contributed by atoms with E-state index in [1.807, 2.05) is 23.6 Å². The molecule has 0 atom stereocenters. The van der Waals surface area contributed by atoms with E-state index >= 15 is 0 Å². The molecule has 2 aromatic heterocycles. The highest BCUT2D eigenvalue weighted by Gasteiger charge is 2.31. The Morgan fingerprint density at radius 1 is 1.09 bits per heavy atom. The van der Waals surface area contributed by atoms with Crippen LogP contribution in [-0.2, 0) is 4.79 Å². The number of carbonyl (C=O) groups is 1. The lowest BCUT2D eigenvalue weighted by molar-refractivity contribution is -0.136. The minimum absolute atomic E-state index is 0.282. The minimum Gasteiger partial charge on any atom is -0.342 e. The van der Waals surface area contributed by atoms with Gasteiger partial charge in [0.2, 0.25) is 5.91 Å². The number of likely N-dealkylation sites (tertiary alicyclic amines) is 1. The molecule has 2 aliphatic rings. The standard InChI is InChI=1S/C17H23N5O/c1-12-6-7-15-18-19-16(22(15)20-12)13-8-10-21(11-9-13)17(23)14-4-2-3-5-14/h6-7,13-14H,2-5,8-11H2,1H3. The molecule has 0 bridgehead atoms. The molecule has 0 unspecified atom stereocenters. The quantitative estimate of drug-likeness (QED) is 0.853. The van der Waals surface area contributed by atoms with Crippen molar-refractivity contribution in [1.82, 2.24) is 24.7 Å². The van der Waals surface area contributed by atoms with E-state index in [4.69, 9.17) is 0 Å². The molecule has 4 rings (SSSR count). The third kappa shape index (κ3) is 2.71. The monoisotopic (exact) mass is 313 g/mol. The first-order valence-electron chi connectivity index (χ1n) is 8.70. The van der Waals surface area contributed by atoms with Crippen LogP contribution in [-0.4, -0.2) is 43.7 Å². The third-order valence-corrected chi connectivity index (χ3v) is 5.30. The Kier molecular flexibility index (Phi) is 3.75. The van der Waals surface area contributed by atoms with Crippen LogP contribution in [0, 0.1) is 12.8 Å². The maximum Gasteiger partial charge on any atom is 0.225 e. The van der Waals surface area contributed by atoms with Gasteiger partial charge in [-0.05, 0) is 44.7 Å². The summed E-state index contributed by atoms with van der Waals surface area (Å²) in [7, 11) is 0. The summed E-state index contributed by atoms with van der Waals surface area (Å²) in [6.45, 7) is 3.65. The lowest BCUT2D eigenvalue weighted by atomic mass is 9.94. The van der Waals surface area contributed by atoms with Crippen LogP contribution in [0.15, 0.2) is 12.1 Å². The lowest BCUT2D eigenvalue weighted by Gasteiger charge is -2.32. The third-order valence-electron chi connectivity index (χ3n) is 5.30. The van der Waals surface area contributed by atoms with Gasteiger partial charge in [0.15, 0.2) is 11.5 Å². The molecule has 1 saturated carbocycles. The second-order valence-corrected chi connectivity index (χ2v) is 6.88. The Balaban J connectivity index is 1.46. The molecule has 0 spiro atoms. The molecule has 2 fully saturated rings. The number of piperidine rings is 1. The van der Waals surface area contributed by atoms with Crippen LogP contribution in [0.25, 0.3) is 5.65 Å². The highest BCUT2D eigenvalue weighted by molar-refractivity contribution is 5.79. The van der Waals surface area contributed by atoms with E-state index in [0.29, 0.717) is 11.8 Å². The zero-order valence-electron chi connectivity index (χ0n) is 13.6. The first-order valence-corrected chi connectivity index (χ1v) is 8.70. The largest absolute Gasteiger partial charge is 0.342 e. The van der Waals surface area contributed by atoms with Crippen molar-refractivity contribution in [2.45, 2.75) is 51.4 Å². The molecular formula is C17H23N5O. The molecule has 23 heavy (non-hydrogen) atoms. The average molecular weight is 313 g/mol. The Labute approximate surface area is 135 Å². The van der Waals surface area contributed by atoms with Gasteiger partial charge < -0.3 is 4.90 Å². The Bertz CT molecular complexity index is 711. The number of aromatic nitrogens is 4. The smallest absolute Gasteiger partial charge is 0.225 e. The average Bonchev–Trinajstić information content (AvgIpc) is 3.24. The number of rotatable bonds is 2. The summed E-state index contributed by atoms with van der Waals surface area (Å²) in [6, 6.07) is 3.91. The minimum atomic E-state index is 0.282. The summed E-state index contributed by atoms with van der Waals surface area (Å²) in [5.41, 5.74) is 1.77. The van der Waals surface area contributed by atoms with Crippen LogP contribution in [0.1, 0.15) is 56.0 Å². The van der Waals surface area contributed by atoms with Crippen LogP contribution in [0.3, 0.4) is 0 Å². The van der Waals surface area contributed by atoms with Gasteiger partial charge in [0, 0.05) is 24.9 Å². The second-order valence-electron chi connectivity index (χ2n) is 6.88. The summed E-state index contributed by atoms with van der Waals surface area (Å²) in [5, 5.41) is 13.1. The fourth-order valence-electron chi connectivity index (χ4n) is 3.94. The molecule has 6 nitrogen and oxygen atoms in total. The van der Waals surface area contributed by atoms with E-state index in [0.717, 1.165) is 55.9 Å². The zero-order valence-corrected chi connectivity index (χ0v) is 13.6. The van der Waals surface area contributed by atoms with Gasteiger partial charge in [0.25, 0.3) is 0 Å². The van der Waals surface area contributed by atoms with Crippen molar-refractivity contribution >= 4 is 11.6 Å². The van der Waals surface area contributed by atoms with Crippen LogP contribution in [0.5, 0.6) is 0 Å². The maximum absolute atomic E-state index is 12.5. The molecule has 122 valence electrons. The molecular weight excluding hydrogens is 290 g/mol. The number of hydrogen-bond donors (Lipinski definition) is 0. The Morgan fingerprint density at radius 3 is 2.57 bits per heavy atom. The second kappa shape index (κ2) is 5.91. The summed E-state index contributed by atoms with van der Waals surface area (Å²) in [6.07, 6.45) is 6.49. The van der Waals surface area contributed by atoms with E-state index in [2.05, 4.69) is 20.2 Å². The normalized spacial score (nSPS) is 20.5. The van der Waals surface area contributed by atoms with Crippen LogP contribution in [0.2, 0.25) is 0 Å². The summed E-state index contributed by atoms with van der Waals surface area (Å²) < 4.78 is 1.87. The number of carbonyl (C=O) groups excluding carboxylic acids is 1. The van der Waals surface area contributed by atoms with Crippen molar-refractivity contribution in [3.05, 3.63) is 23.7 Å². The van der Waals surface area contributed by atoms with Crippen molar-refractivity contribution < 1.29 is 4.79 Å². The highest BCUT2D eigenvalue weighted by atomic mass is 16.2. The van der Waals surface area contributed by atoms with Gasteiger partial charge in [-0.3, -0.25) is 4.79 Å². The summed E-state index contributed by atoms with van der Waals surface area (Å²) in [4.78, 5) is 14.6. The number of hydrogen-bond acceptors (Lipinski definition) is 4. The maximum atomic E-state index is 12.5. The SMILES string of the molecule is Cc1ccc2nnc(C3CCN(C(=O)C4CCCC4)CC3)n2n1. The molecule has 3 heterocycles. The molecule has 0 radical (unpaired) electrons. The van der Waals surface area contributed by atoms with E-state index in [9.17, 15) is 4.79 Å². The fraction of sp³-hybridized carbons (Fsp3) is 0.647. The highest BCUT2D eigenvalue weighted by Crippen LogP contribution is 2.31. The van der Waals surface area contributed by atoms with Gasteiger partial charge in [-0.15, -0.1) is 10.2 Å². The topological polar surface area (TPSA) is 63.4 Å². The van der Waals surface area contributed by atoms with E-state index < -0.39 is 0 Å². The number of fused-ring (bicyclic) bond motifs is 1. The fourth-order valence-corrected chi connectivity index (χ4v) is 3.94. The van der Waals surface area contributed by atoms with Gasteiger partial charge in [-0.25, -0.2) is 0 Å². The number of nitrogens with zero attached hydrogens (tertiary/aromatic N) is 5. The van der Waals surface area contributed by atoms with Gasteiger partial charge in [-0.2, -0.15) is 9.61 Å². The van der Waals surface area contributed by atoms with Crippen molar-refractivity contribution in [3.8, 4) is 0 Å². The van der Waals surface area contributed by atoms with Crippen LogP contribution < -0.4 is 0 Å². The summed E-state index contributed by atoms with van der Waals surface area (Å²) in [5.74, 6) is 1.94. The Morgan fingerprint density at radius 2 is 1.83 bits per heavy atom. The molecule has 0 aromatic carbocycles. The molecule has 6 heteroatoms. The van der Waals surface area contributed by atoms with Crippen molar-refractivity contribution in [3.63, 3.8) is 0 Å². The van der Waals surface area contributed by atoms with Gasteiger partial charge in [0.1, 0.15) is 0 Å². The van der Waals surface area contributed by atoms with E-state index in [-0.39, 0.29) is 5.92 Å². The Hall–Kier alpha value is -1.98. The molecule has 0 N–H and O–H groups in total. The molecule has 2 aromatic rings. The predicted octanol–water partition coefficient (Wildman–Crippen LogP) is 2.33. The van der Waals surface area contributed by atoms with E-state index in [1.165, 1.54) is 12.8 Å². The van der Waals surface area contributed by atoms with Gasteiger partial charge in [0.05, 0.1) is 5.69 Å². The van der Waals surface area contributed by atoms with Crippen LogP contribution in [0.4, 0.5) is 0 Å². The summed E-state index contributed by atoms with van der Waals surface area (Å²) >= 11 is 0.